The molecule has 0 aromatic heterocycles. The minimum absolute atomic E-state index is 0.188. The fraction of sp³-hybridized carbons (Fsp3) is 0.667. The van der Waals surface area contributed by atoms with Crippen molar-refractivity contribution in [3.8, 4) is 0 Å². The topological polar surface area (TPSA) is 93.1 Å². The lowest BCUT2D eigenvalue weighted by atomic mass is 9.71. The predicted molar refractivity (Wildman–Crippen MR) is 89.1 cm³/mol. The molecule has 4 atom stereocenters. The molecule has 1 saturated carbocycles. The fourth-order valence-corrected chi connectivity index (χ4v) is 2.68. The highest BCUT2D eigenvalue weighted by Crippen LogP contribution is 2.39. The maximum atomic E-state index is 11.8. The van der Waals surface area contributed by atoms with E-state index in [1.807, 2.05) is 0 Å². The largest absolute Gasteiger partial charge is 0.459 e. The molecule has 0 spiro atoms. The van der Waals surface area contributed by atoms with Gasteiger partial charge in [-0.05, 0) is 52.9 Å². The number of hydrogen-bond acceptors (Lipinski definition) is 6. The fourth-order valence-electron chi connectivity index (χ4n) is 2.68. The molecule has 0 amide bonds. The number of esters is 2. The molecule has 1 aliphatic rings. The standard InChI is InChI=1S/C18H28O6/c1-11(2)15(19)23-10-18(6,22)13-7-8-17(5,21)14(9-13)24-16(20)12(3)4/h13-14,21-22H,1,3,7-10H2,2,4-6H3. The Morgan fingerprint density at radius 2 is 1.79 bits per heavy atom. The summed E-state index contributed by atoms with van der Waals surface area (Å²) in [6.07, 6.45) is 0.384. The second kappa shape index (κ2) is 7.49. The molecule has 136 valence electrons. The van der Waals surface area contributed by atoms with Gasteiger partial charge >= 0.3 is 11.9 Å². The van der Waals surface area contributed by atoms with E-state index in [4.69, 9.17) is 9.47 Å². The molecular formula is C18H28O6. The Balaban J connectivity index is 2.78. The Morgan fingerprint density at radius 1 is 1.25 bits per heavy atom. The number of carbonyl (C=O) groups excluding carboxylic acids is 2. The lowest BCUT2D eigenvalue weighted by molar-refractivity contribution is -0.180. The van der Waals surface area contributed by atoms with Gasteiger partial charge in [-0.3, -0.25) is 0 Å². The van der Waals surface area contributed by atoms with Crippen molar-refractivity contribution in [2.75, 3.05) is 6.61 Å². The summed E-state index contributed by atoms with van der Waals surface area (Å²) in [5.74, 6) is -1.43. The van der Waals surface area contributed by atoms with E-state index in [1.54, 1.807) is 13.8 Å². The molecule has 6 nitrogen and oxygen atoms in total. The van der Waals surface area contributed by atoms with Gasteiger partial charge in [-0.2, -0.15) is 0 Å². The average Bonchev–Trinajstić information content (AvgIpc) is 2.46. The van der Waals surface area contributed by atoms with Crippen molar-refractivity contribution in [3.63, 3.8) is 0 Å². The number of rotatable bonds is 6. The smallest absolute Gasteiger partial charge is 0.333 e. The summed E-state index contributed by atoms with van der Waals surface area (Å²) >= 11 is 0. The van der Waals surface area contributed by atoms with Crippen molar-refractivity contribution in [1.29, 1.82) is 0 Å². The van der Waals surface area contributed by atoms with Gasteiger partial charge < -0.3 is 19.7 Å². The van der Waals surface area contributed by atoms with Crippen LogP contribution in [0.15, 0.2) is 24.3 Å². The van der Waals surface area contributed by atoms with Gasteiger partial charge in [0.2, 0.25) is 0 Å². The van der Waals surface area contributed by atoms with Gasteiger partial charge in [0.05, 0.1) is 11.2 Å². The molecule has 0 aromatic carbocycles. The first-order chi connectivity index (χ1) is 10.9. The average molecular weight is 340 g/mol. The van der Waals surface area contributed by atoms with E-state index in [2.05, 4.69) is 13.2 Å². The summed E-state index contributed by atoms with van der Waals surface area (Å²) in [5, 5.41) is 21.1. The zero-order chi connectivity index (χ0) is 18.7. The summed E-state index contributed by atoms with van der Waals surface area (Å²) in [6, 6.07) is 0. The van der Waals surface area contributed by atoms with Crippen LogP contribution >= 0.6 is 0 Å². The molecule has 0 aromatic rings. The van der Waals surface area contributed by atoms with Crippen LogP contribution in [0, 0.1) is 5.92 Å². The van der Waals surface area contributed by atoms with Gasteiger partial charge in [-0.25, -0.2) is 9.59 Å². The van der Waals surface area contributed by atoms with Crippen LogP contribution in [-0.2, 0) is 19.1 Å². The van der Waals surface area contributed by atoms with Gasteiger partial charge in [0, 0.05) is 11.1 Å². The summed E-state index contributed by atoms with van der Waals surface area (Å²) in [4.78, 5) is 23.3. The minimum atomic E-state index is -1.30. The minimum Gasteiger partial charge on any atom is -0.459 e. The van der Waals surface area contributed by atoms with E-state index >= 15 is 0 Å². The number of hydrogen-bond donors (Lipinski definition) is 2. The van der Waals surface area contributed by atoms with Crippen LogP contribution < -0.4 is 0 Å². The zero-order valence-electron chi connectivity index (χ0n) is 14.9. The van der Waals surface area contributed by atoms with E-state index in [1.165, 1.54) is 13.8 Å². The van der Waals surface area contributed by atoms with Crippen molar-refractivity contribution in [3.05, 3.63) is 24.3 Å². The Labute approximate surface area is 143 Å². The van der Waals surface area contributed by atoms with Crippen molar-refractivity contribution in [1.82, 2.24) is 0 Å². The van der Waals surface area contributed by atoms with E-state index in [9.17, 15) is 19.8 Å². The van der Waals surface area contributed by atoms with Gasteiger partial charge in [-0.15, -0.1) is 0 Å². The molecule has 0 radical (unpaired) electrons. The molecular weight excluding hydrogens is 312 g/mol. The van der Waals surface area contributed by atoms with Crippen LogP contribution in [0.3, 0.4) is 0 Å². The van der Waals surface area contributed by atoms with Gasteiger partial charge in [-0.1, -0.05) is 13.2 Å². The first-order valence-electron chi connectivity index (χ1n) is 8.00. The van der Waals surface area contributed by atoms with Gasteiger partial charge in [0.1, 0.15) is 12.7 Å². The van der Waals surface area contributed by atoms with Crippen LogP contribution in [0.25, 0.3) is 0 Å². The van der Waals surface area contributed by atoms with Gasteiger partial charge in [0.15, 0.2) is 0 Å². The summed E-state index contributed by atoms with van der Waals surface area (Å²) in [6.45, 7) is 13.1. The molecule has 24 heavy (non-hydrogen) atoms. The molecule has 0 saturated heterocycles. The second-order valence-electron chi connectivity index (χ2n) is 7.22. The summed E-state index contributed by atoms with van der Waals surface area (Å²) < 4.78 is 10.4. The maximum Gasteiger partial charge on any atom is 0.333 e. The highest BCUT2D eigenvalue weighted by atomic mass is 16.6. The van der Waals surface area contributed by atoms with Crippen LogP contribution in [0.4, 0.5) is 0 Å². The Morgan fingerprint density at radius 3 is 2.29 bits per heavy atom. The van der Waals surface area contributed by atoms with E-state index in [0.717, 1.165) is 0 Å². The highest BCUT2D eigenvalue weighted by molar-refractivity contribution is 5.87. The Hall–Kier alpha value is -1.66. The third-order valence-electron chi connectivity index (χ3n) is 4.51. The molecule has 1 rings (SSSR count). The lowest BCUT2D eigenvalue weighted by Crippen LogP contribution is -2.52. The van der Waals surface area contributed by atoms with Crippen LogP contribution in [0.1, 0.15) is 47.0 Å². The lowest BCUT2D eigenvalue weighted by Gasteiger charge is -2.44. The van der Waals surface area contributed by atoms with Crippen LogP contribution in [0.2, 0.25) is 0 Å². The molecule has 0 bridgehead atoms. The third kappa shape index (κ3) is 5.18. The Bertz CT molecular complexity index is 532. The van der Waals surface area contributed by atoms with Crippen LogP contribution in [0.5, 0.6) is 0 Å². The predicted octanol–water partition coefficient (Wildman–Crippen LogP) is 1.90. The second-order valence-corrected chi connectivity index (χ2v) is 7.22. The molecule has 0 aliphatic heterocycles. The van der Waals surface area contributed by atoms with Crippen molar-refractivity contribution >= 4 is 11.9 Å². The molecule has 1 fully saturated rings. The first kappa shape index (κ1) is 20.4. The molecule has 1 aliphatic carbocycles. The van der Waals surface area contributed by atoms with Crippen molar-refractivity contribution in [2.24, 2.45) is 5.92 Å². The normalized spacial score (nSPS) is 29.2. The first-order valence-corrected chi connectivity index (χ1v) is 8.00. The number of carbonyl (C=O) groups is 2. The third-order valence-corrected chi connectivity index (χ3v) is 4.51. The van der Waals surface area contributed by atoms with Crippen molar-refractivity contribution in [2.45, 2.75) is 64.3 Å². The summed E-state index contributed by atoms with van der Waals surface area (Å²) in [7, 11) is 0. The monoisotopic (exact) mass is 340 g/mol. The van der Waals surface area contributed by atoms with E-state index in [-0.39, 0.29) is 30.1 Å². The number of ether oxygens (including phenoxy) is 2. The molecule has 2 N–H and O–H groups in total. The quantitative estimate of drug-likeness (QED) is 0.567. The zero-order valence-corrected chi connectivity index (χ0v) is 14.9. The van der Waals surface area contributed by atoms with Crippen molar-refractivity contribution < 1.29 is 29.3 Å². The number of aliphatic hydroxyl groups is 2. The van der Waals surface area contributed by atoms with Crippen LogP contribution in [-0.4, -0.2) is 46.1 Å². The molecule has 0 heterocycles. The van der Waals surface area contributed by atoms with Gasteiger partial charge in [0.25, 0.3) is 0 Å². The Kier molecular flexibility index (Phi) is 6.36. The molecule has 6 heteroatoms. The SMILES string of the molecule is C=C(C)C(=O)OCC(C)(O)C1CCC(C)(O)C(OC(=O)C(=C)C)C1. The maximum absolute atomic E-state index is 11.8. The highest BCUT2D eigenvalue weighted by Gasteiger charge is 2.46. The van der Waals surface area contributed by atoms with E-state index in [0.29, 0.717) is 12.8 Å². The molecule has 4 unspecified atom stereocenters. The van der Waals surface area contributed by atoms with E-state index < -0.39 is 29.2 Å². The summed E-state index contributed by atoms with van der Waals surface area (Å²) in [5.41, 5.74) is -1.97.